The Balaban J connectivity index is 3.74. The highest BCUT2D eigenvalue weighted by Crippen LogP contribution is 2.13. The molecular weight excluding hydrogens is 246 g/mol. The van der Waals surface area contributed by atoms with Crippen LogP contribution in [0.15, 0.2) is 0 Å². The van der Waals surface area contributed by atoms with Crippen molar-refractivity contribution in [3.63, 3.8) is 0 Å². The van der Waals surface area contributed by atoms with E-state index in [0.717, 1.165) is 6.42 Å². The molecule has 0 radical (unpaired) electrons. The number of ether oxygens (including phenoxy) is 1. The zero-order valence-corrected chi connectivity index (χ0v) is 13.4. The van der Waals surface area contributed by atoms with Gasteiger partial charge in [-0.15, -0.1) is 0 Å². The standard InChI is InChI=1S/C8H21NO5Si2/c1-4-13-8(10)9-6-5-7-16(11-2,12-3)14-15/h4-7H2,1-3,15H3,(H,9,10). The monoisotopic (exact) mass is 267 g/mol. The molecule has 96 valence electrons. The van der Waals surface area contributed by atoms with E-state index in [2.05, 4.69) is 5.32 Å². The van der Waals surface area contributed by atoms with Gasteiger partial charge in [0.2, 0.25) is 0 Å². The quantitative estimate of drug-likeness (QED) is 0.481. The number of carbonyl (C=O) groups excluding carboxylic acids is 1. The number of carbonyl (C=O) groups is 1. The molecule has 0 aromatic rings. The van der Waals surface area contributed by atoms with Crippen molar-refractivity contribution in [3.8, 4) is 0 Å². The van der Waals surface area contributed by atoms with Crippen molar-refractivity contribution < 1.29 is 22.5 Å². The molecule has 0 fully saturated rings. The van der Waals surface area contributed by atoms with Crippen LogP contribution in [-0.2, 0) is 17.7 Å². The minimum absolute atomic E-state index is 0.379. The first-order chi connectivity index (χ1) is 7.64. The second-order valence-electron chi connectivity index (χ2n) is 3.05. The van der Waals surface area contributed by atoms with Crippen molar-refractivity contribution in [2.45, 2.75) is 19.4 Å². The van der Waals surface area contributed by atoms with Crippen LogP contribution in [0.4, 0.5) is 4.79 Å². The minimum atomic E-state index is -2.44. The van der Waals surface area contributed by atoms with Crippen molar-refractivity contribution in [3.05, 3.63) is 0 Å². The topological polar surface area (TPSA) is 66.0 Å². The van der Waals surface area contributed by atoms with Gasteiger partial charge in [-0.3, -0.25) is 0 Å². The zero-order valence-electron chi connectivity index (χ0n) is 10.4. The molecule has 6 nitrogen and oxygen atoms in total. The summed E-state index contributed by atoms with van der Waals surface area (Å²) in [5.41, 5.74) is 0. The molecule has 0 heterocycles. The number of amides is 1. The van der Waals surface area contributed by atoms with E-state index in [0.29, 0.717) is 29.7 Å². The van der Waals surface area contributed by atoms with Gasteiger partial charge in [0.1, 0.15) is 10.5 Å². The SMILES string of the molecule is CCOC(=O)NCCC[Si](OC)(OC)O[SiH3]. The smallest absolute Gasteiger partial charge is 0.450 e. The largest absolute Gasteiger partial charge is 0.489 e. The predicted molar refractivity (Wildman–Crippen MR) is 65.2 cm³/mol. The molecule has 0 aliphatic carbocycles. The summed E-state index contributed by atoms with van der Waals surface area (Å²) in [4.78, 5) is 11.0. The fourth-order valence-electron chi connectivity index (χ4n) is 1.23. The summed E-state index contributed by atoms with van der Waals surface area (Å²) >= 11 is 0. The molecule has 0 bridgehead atoms. The number of hydrogen-bond donors (Lipinski definition) is 1. The normalized spacial score (nSPS) is 11.4. The Bertz CT molecular complexity index is 193. The predicted octanol–water partition coefficient (Wildman–Crippen LogP) is -0.349. The molecule has 0 aliphatic rings. The minimum Gasteiger partial charge on any atom is -0.450 e. The third-order valence-electron chi connectivity index (χ3n) is 2.14. The van der Waals surface area contributed by atoms with E-state index in [-0.39, 0.29) is 0 Å². The number of rotatable bonds is 8. The highest BCUT2D eigenvalue weighted by atomic mass is 28.4. The van der Waals surface area contributed by atoms with E-state index < -0.39 is 14.9 Å². The van der Waals surface area contributed by atoms with Crippen LogP contribution in [0.5, 0.6) is 0 Å². The molecular formula is C8H21NO5Si2. The molecule has 8 heteroatoms. The summed E-state index contributed by atoms with van der Waals surface area (Å²) in [6.45, 7) is 2.68. The Morgan fingerprint density at radius 3 is 2.44 bits per heavy atom. The number of alkyl carbamates (subject to hydrolysis) is 1. The second-order valence-corrected chi connectivity index (χ2v) is 7.36. The van der Waals surface area contributed by atoms with Crippen molar-refractivity contribution in [2.24, 2.45) is 0 Å². The third-order valence-corrected chi connectivity index (χ3v) is 6.84. The Hall–Kier alpha value is -0.416. The fourth-order valence-corrected chi connectivity index (χ4v) is 4.57. The van der Waals surface area contributed by atoms with E-state index in [9.17, 15) is 4.79 Å². The van der Waals surface area contributed by atoms with Crippen LogP contribution in [0.1, 0.15) is 13.3 Å². The molecule has 0 saturated heterocycles. The molecule has 0 rings (SSSR count). The van der Waals surface area contributed by atoms with Gasteiger partial charge in [0.25, 0.3) is 0 Å². The number of nitrogens with one attached hydrogen (secondary N) is 1. The maximum Gasteiger partial charge on any atom is 0.489 e. The van der Waals surface area contributed by atoms with Crippen molar-refractivity contribution in [1.82, 2.24) is 5.32 Å². The summed E-state index contributed by atoms with van der Waals surface area (Å²) in [7, 11) is 1.32. The van der Waals surface area contributed by atoms with Crippen LogP contribution in [0.3, 0.4) is 0 Å². The second kappa shape index (κ2) is 8.70. The van der Waals surface area contributed by atoms with Gasteiger partial charge >= 0.3 is 14.9 Å². The molecule has 0 aromatic heterocycles. The molecule has 0 unspecified atom stereocenters. The van der Waals surface area contributed by atoms with Gasteiger partial charge in [-0.1, -0.05) is 0 Å². The maximum atomic E-state index is 11.0. The lowest BCUT2D eigenvalue weighted by Gasteiger charge is -2.24. The van der Waals surface area contributed by atoms with Crippen LogP contribution in [0, 0.1) is 0 Å². The first-order valence-corrected chi connectivity index (χ1v) is 7.95. The molecule has 1 N–H and O–H groups in total. The van der Waals surface area contributed by atoms with Gasteiger partial charge in [0.05, 0.1) is 6.61 Å². The maximum absolute atomic E-state index is 11.0. The summed E-state index contributed by atoms with van der Waals surface area (Å²) in [6.07, 6.45) is 0.353. The van der Waals surface area contributed by atoms with Crippen molar-refractivity contribution in [1.29, 1.82) is 0 Å². The third kappa shape index (κ3) is 5.61. The molecule has 0 saturated carbocycles. The molecule has 0 aliphatic heterocycles. The lowest BCUT2D eigenvalue weighted by atomic mass is 10.5. The average Bonchev–Trinajstić information content (AvgIpc) is 2.31. The van der Waals surface area contributed by atoms with Gasteiger partial charge in [0, 0.05) is 26.8 Å². The first kappa shape index (κ1) is 15.6. The van der Waals surface area contributed by atoms with Crippen molar-refractivity contribution in [2.75, 3.05) is 27.4 Å². The summed E-state index contributed by atoms with van der Waals surface area (Å²) in [5.74, 6) is 0. The summed E-state index contributed by atoms with van der Waals surface area (Å²) in [6, 6.07) is 0.690. The Morgan fingerprint density at radius 1 is 1.38 bits per heavy atom. The van der Waals surface area contributed by atoms with E-state index in [4.69, 9.17) is 17.7 Å². The fraction of sp³-hybridized carbons (Fsp3) is 0.875. The van der Waals surface area contributed by atoms with Crippen LogP contribution in [0.25, 0.3) is 0 Å². The van der Waals surface area contributed by atoms with Crippen LogP contribution >= 0.6 is 0 Å². The molecule has 1 amide bonds. The van der Waals surface area contributed by atoms with E-state index in [1.807, 2.05) is 0 Å². The molecule has 16 heavy (non-hydrogen) atoms. The molecule has 0 atom stereocenters. The highest BCUT2D eigenvalue weighted by Gasteiger charge is 2.36. The van der Waals surface area contributed by atoms with Gasteiger partial charge < -0.3 is 23.0 Å². The van der Waals surface area contributed by atoms with Crippen molar-refractivity contribution >= 4 is 25.4 Å². The average molecular weight is 267 g/mol. The lowest BCUT2D eigenvalue weighted by molar-refractivity contribution is 0.150. The Kier molecular flexibility index (Phi) is 8.48. The first-order valence-electron chi connectivity index (χ1n) is 5.20. The van der Waals surface area contributed by atoms with Gasteiger partial charge in [-0.2, -0.15) is 0 Å². The van der Waals surface area contributed by atoms with Gasteiger partial charge in [0.15, 0.2) is 0 Å². The Morgan fingerprint density at radius 2 is 2.00 bits per heavy atom. The van der Waals surface area contributed by atoms with E-state index in [1.165, 1.54) is 0 Å². The Labute approximate surface area is 101 Å². The highest BCUT2D eigenvalue weighted by molar-refractivity contribution is 6.63. The molecule has 0 spiro atoms. The summed E-state index contributed by atoms with van der Waals surface area (Å²) in [5, 5.41) is 2.63. The lowest BCUT2D eigenvalue weighted by Crippen LogP contribution is -2.43. The zero-order chi connectivity index (χ0) is 12.4. The molecule has 0 aromatic carbocycles. The summed E-state index contributed by atoms with van der Waals surface area (Å²) < 4.78 is 20.7. The van der Waals surface area contributed by atoms with Crippen LogP contribution in [-0.4, -0.2) is 52.8 Å². The van der Waals surface area contributed by atoms with Crippen LogP contribution < -0.4 is 5.32 Å². The van der Waals surface area contributed by atoms with E-state index in [1.54, 1.807) is 21.1 Å². The van der Waals surface area contributed by atoms with Gasteiger partial charge in [-0.25, -0.2) is 4.79 Å². The van der Waals surface area contributed by atoms with Gasteiger partial charge in [-0.05, 0) is 13.3 Å². The number of hydrogen-bond acceptors (Lipinski definition) is 5. The van der Waals surface area contributed by atoms with Crippen LogP contribution in [0.2, 0.25) is 6.04 Å². The van der Waals surface area contributed by atoms with E-state index >= 15 is 0 Å².